The van der Waals surface area contributed by atoms with Gasteiger partial charge in [-0.2, -0.15) is 0 Å². The predicted molar refractivity (Wildman–Crippen MR) is 89.4 cm³/mol. The van der Waals surface area contributed by atoms with Crippen LogP contribution in [0.4, 0.5) is 10.1 Å². The molecule has 0 fully saturated rings. The third kappa shape index (κ3) is 5.14. The standard InChI is InChI=1S/C17H18ClFN2O2/c1-23-16-5-3-2-4-12(16)11-21-17(22)8-9-20-13-6-7-15(19)14(18)10-13/h2-7,10,20H,8-9,11H2,1H3,(H,21,22). The Hall–Kier alpha value is -2.27. The molecule has 2 aromatic rings. The fourth-order valence-corrected chi connectivity index (χ4v) is 2.24. The normalized spacial score (nSPS) is 10.2. The minimum absolute atomic E-state index is 0.0515. The number of para-hydroxylation sites is 1. The number of carbonyl (C=O) groups is 1. The largest absolute Gasteiger partial charge is 0.496 e. The first-order valence-electron chi connectivity index (χ1n) is 7.17. The Bertz CT molecular complexity index is 679. The Labute approximate surface area is 139 Å². The first-order chi connectivity index (χ1) is 11.1. The Morgan fingerprint density at radius 3 is 2.78 bits per heavy atom. The van der Waals surface area contributed by atoms with Gasteiger partial charge in [0, 0.05) is 30.8 Å². The Balaban J connectivity index is 1.76. The molecule has 0 atom stereocenters. The molecule has 2 rings (SSSR count). The summed E-state index contributed by atoms with van der Waals surface area (Å²) in [6.45, 7) is 0.838. The van der Waals surface area contributed by atoms with E-state index >= 15 is 0 Å². The van der Waals surface area contributed by atoms with Crippen molar-refractivity contribution in [1.29, 1.82) is 0 Å². The highest BCUT2D eigenvalue weighted by Crippen LogP contribution is 2.19. The summed E-state index contributed by atoms with van der Waals surface area (Å²) in [6, 6.07) is 11.9. The summed E-state index contributed by atoms with van der Waals surface area (Å²) in [5, 5.41) is 5.91. The first-order valence-corrected chi connectivity index (χ1v) is 7.55. The van der Waals surface area contributed by atoms with E-state index in [2.05, 4.69) is 10.6 Å². The minimum atomic E-state index is -0.466. The third-order valence-corrected chi connectivity index (χ3v) is 3.56. The summed E-state index contributed by atoms with van der Waals surface area (Å²) in [6.07, 6.45) is 0.296. The number of hydrogen-bond donors (Lipinski definition) is 2. The lowest BCUT2D eigenvalue weighted by molar-refractivity contribution is -0.121. The molecule has 0 unspecified atom stereocenters. The van der Waals surface area contributed by atoms with E-state index in [1.165, 1.54) is 12.1 Å². The number of methoxy groups -OCH3 is 1. The van der Waals surface area contributed by atoms with Gasteiger partial charge in [0.1, 0.15) is 11.6 Å². The first kappa shape index (κ1) is 17.1. The van der Waals surface area contributed by atoms with Gasteiger partial charge in [-0.3, -0.25) is 4.79 Å². The zero-order valence-electron chi connectivity index (χ0n) is 12.7. The Morgan fingerprint density at radius 1 is 1.26 bits per heavy atom. The van der Waals surface area contributed by atoms with E-state index in [0.29, 0.717) is 25.2 Å². The van der Waals surface area contributed by atoms with Gasteiger partial charge in [-0.1, -0.05) is 29.8 Å². The van der Waals surface area contributed by atoms with Crippen LogP contribution in [0.1, 0.15) is 12.0 Å². The third-order valence-electron chi connectivity index (χ3n) is 3.27. The Morgan fingerprint density at radius 2 is 2.04 bits per heavy atom. The number of rotatable bonds is 7. The molecule has 6 heteroatoms. The summed E-state index contributed by atoms with van der Waals surface area (Å²) in [5.74, 6) is 0.190. The van der Waals surface area contributed by atoms with Crippen molar-refractivity contribution >= 4 is 23.2 Å². The summed E-state index contributed by atoms with van der Waals surface area (Å²) in [5.41, 5.74) is 1.59. The summed E-state index contributed by atoms with van der Waals surface area (Å²) in [7, 11) is 1.60. The molecule has 2 N–H and O–H groups in total. The lowest BCUT2D eigenvalue weighted by atomic mass is 10.2. The highest BCUT2D eigenvalue weighted by atomic mass is 35.5. The molecule has 0 heterocycles. The number of hydrogen-bond acceptors (Lipinski definition) is 3. The molecule has 0 aliphatic rings. The van der Waals surface area contributed by atoms with E-state index in [4.69, 9.17) is 16.3 Å². The van der Waals surface area contributed by atoms with Crippen molar-refractivity contribution in [2.75, 3.05) is 19.0 Å². The van der Waals surface area contributed by atoms with Crippen LogP contribution in [0.2, 0.25) is 5.02 Å². The van der Waals surface area contributed by atoms with Gasteiger partial charge in [0.2, 0.25) is 5.91 Å². The van der Waals surface area contributed by atoms with E-state index in [9.17, 15) is 9.18 Å². The quantitative estimate of drug-likeness (QED) is 0.812. The van der Waals surface area contributed by atoms with Crippen LogP contribution in [0.15, 0.2) is 42.5 Å². The van der Waals surface area contributed by atoms with Crippen molar-refractivity contribution in [2.45, 2.75) is 13.0 Å². The zero-order valence-corrected chi connectivity index (χ0v) is 13.5. The Kier molecular flexibility index (Phi) is 6.23. The van der Waals surface area contributed by atoms with Crippen LogP contribution in [-0.4, -0.2) is 19.6 Å². The van der Waals surface area contributed by atoms with Gasteiger partial charge in [0.05, 0.1) is 12.1 Å². The van der Waals surface area contributed by atoms with Crippen LogP contribution in [0.25, 0.3) is 0 Å². The van der Waals surface area contributed by atoms with Gasteiger partial charge in [0.25, 0.3) is 0 Å². The molecule has 0 saturated heterocycles. The summed E-state index contributed by atoms with van der Waals surface area (Å²) >= 11 is 5.70. The van der Waals surface area contributed by atoms with Gasteiger partial charge in [-0.15, -0.1) is 0 Å². The number of halogens is 2. The maximum Gasteiger partial charge on any atom is 0.222 e. The fraction of sp³-hybridized carbons (Fsp3) is 0.235. The number of amides is 1. The predicted octanol–water partition coefficient (Wildman–Crippen LogP) is 3.61. The van der Waals surface area contributed by atoms with E-state index in [1.54, 1.807) is 13.2 Å². The lowest BCUT2D eigenvalue weighted by Gasteiger charge is -2.10. The van der Waals surface area contributed by atoms with Crippen LogP contribution in [0.5, 0.6) is 5.75 Å². The monoisotopic (exact) mass is 336 g/mol. The molecule has 0 aromatic heterocycles. The average Bonchev–Trinajstić information content (AvgIpc) is 2.56. The molecular weight excluding hydrogens is 319 g/mol. The summed E-state index contributed by atoms with van der Waals surface area (Å²) < 4.78 is 18.3. The molecule has 0 spiro atoms. The van der Waals surface area contributed by atoms with E-state index < -0.39 is 5.82 Å². The second kappa shape index (κ2) is 8.39. The number of carbonyl (C=O) groups excluding carboxylic acids is 1. The maximum atomic E-state index is 13.0. The van der Waals surface area contributed by atoms with Crippen LogP contribution in [0.3, 0.4) is 0 Å². The minimum Gasteiger partial charge on any atom is -0.496 e. The summed E-state index contributed by atoms with van der Waals surface area (Å²) in [4.78, 5) is 11.8. The van der Waals surface area contributed by atoms with Crippen molar-refractivity contribution in [3.63, 3.8) is 0 Å². The van der Waals surface area contributed by atoms with Crippen molar-refractivity contribution in [3.05, 3.63) is 58.9 Å². The molecule has 0 aliphatic carbocycles. The van der Waals surface area contributed by atoms with Crippen molar-refractivity contribution < 1.29 is 13.9 Å². The van der Waals surface area contributed by atoms with E-state index in [0.717, 1.165) is 11.3 Å². The number of nitrogens with one attached hydrogen (secondary N) is 2. The van der Waals surface area contributed by atoms with Gasteiger partial charge in [-0.25, -0.2) is 4.39 Å². The fourth-order valence-electron chi connectivity index (χ4n) is 2.06. The number of benzene rings is 2. The number of ether oxygens (including phenoxy) is 1. The van der Waals surface area contributed by atoms with Crippen LogP contribution >= 0.6 is 11.6 Å². The molecule has 0 radical (unpaired) electrons. The van der Waals surface area contributed by atoms with Crippen molar-refractivity contribution in [1.82, 2.24) is 5.32 Å². The van der Waals surface area contributed by atoms with Crippen LogP contribution < -0.4 is 15.4 Å². The van der Waals surface area contributed by atoms with Crippen LogP contribution in [-0.2, 0) is 11.3 Å². The second-order valence-electron chi connectivity index (χ2n) is 4.89. The topological polar surface area (TPSA) is 50.4 Å². The van der Waals surface area contributed by atoms with E-state index in [1.807, 2.05) is 24.3 Å². The average molecular weight is 337 g/mol. The molecule has 1 amide bonds. The second-order valence-corrected chi connectivity index (χ2v) is 5.30. The van der Waals surface area contributed by atoms with Gasteiger partial charge in [-0.05, 0) is 24.3 Å². The molecule has 0 saturated carbocycles. The maximum absolute atomic E-state index is 13.0. The van der Waals surface area contributed by atoms with Gasteiger partial charge in [0.15, 0.2) is 0 Å². The molecular formula is C17H18ClFN2O2. The van der Waals surface area contributed by atoms with Crippen molar-refractivity contribution in [3.8, 4) is 5.75 Å². The molecule has 2 aromatic carbocycles. The van der Waals surface area contributed by atoms with Gasteiger partial charge < -0.3 is 15.4 Å². The van der Waals surface area contributed by atoms with Crippen LogP contribution in [0, 0.1) is 5.82 Å². The highest BCUT2D eigenvalue weighted by molar-refractivity contribution is 6.31. The van der Waals surface area contributed by atoms with Crippen molar-refractivity contribution in [2.24, 2.45) is 0 Å². The molecule has 122 valence electrons. The lowest BCUT2D eigenvalue weighted by Crippen LogP contribution is -2.25. The molecule has 4 nitrogen and oxygen atoms in total. The van der Waals surface area contributed by atoms with E-state index in [-0.39, 0.29) is 10.9 Å². The molecule has 23 heavy (non-hydrogen) atoms. The molecule has 0 bridgehead atoms. The smallest absolute Gasteiger partial charge is 0.222 e. The number of anilines is 1. The van der Waals surface area contributed by atoms with Gasteiger partial charge >= 0.3 is 0 Å². The molecule has 0 aliphatic heterocycles. The zero-order chi connectivity index (χ0) is 16.7. The SMILES string of the molecule is COc1ccccc1CNC(=O)CCNc1ccc(F)c(Cl)c1. The highest BCUT2D eigenvalue weighted by Gasteiger charge is 2.05.